The fourth-order valence-corrected chi connectivity index (χ4v) is 4.45. The Kier molecular flexibility index (Phi) is 5.18. The van der Waals surface area contributed by atoms with E-state index in [2.05, 4.69) is 41.4 Å². The van der Waals surface area contributed by atoms with Gasteiger partial charge in [0.2, 0.25) is 0 Å². The molecule has 1 fully saturated rings. The molecule has 1 aliphatic rings. The standard InChI is InChI=1S/C15H24N2O2S/c1-3-16-10-13-5-4-6-14(9-13)11-17(2)15-7-8-20(18,19)12-15/h4-6,9,15-16H,3,7-8,10-12H2,1-2H3. The number of hydrogen-bond acceptors (Lipinski definition) is 4. The number of rotatable bonds is 6. The van der Waals surface area contributed by atoms with Gasteiger partial charge in [0.15, 0.2) is 9.84 Å². The molecule has 0 aliphatic carbocycles. The predicted octanol–water partition coefficient (Wildman–Crippen LogP) is 1.42. The van der Waals surface area contributed by atoms with Gasteiger partial charge >= 0.3 is 0 Å². The summed E-state index contributed by atoms with van der Waals surface area (Å²) in [6.45, 7) is 4.74. The van der Waals surface area contributed by atoms with Crippen molar-refractivity contribution in [2.24, 2.45) is 0 Å². The highest BCUT2D eigenvalue weighted by Gasteiger charge is 2.30. The van der Waals surface area contributed by atoms with Crippen molar-refractivity contribution in [1.29, 1.82) is 0 Å². The van der Waals surface area contributed by atoms with Gasteiger partial charge in [-0.25, -0.2) is 8.42 Å². The molecule has 2 rings (SSSR count). The van der Waals surface area contributed by atoms with Crippen molar-refractivity contribution in [1.82, 2.24) is 10.2 Å². The van der Waals surface area contributed by atoms with Gasteiger partial charge in [0.05, 0.1) is 11.5 Å². The summed E-state index contributed by atoms with van der Waals surface area (Å²) < 4.78 is 23.1. The lowest BCUT2D eigenvalue weighted by atomic mass is 10.1. The first-order chi connectivity index (χ1) is 9.50. The van der Waals surface area contributed by atoms with Crippen LogP contribution in [0, 0.1) is 0 Å². The van der Waals surface area contributed by atoms with Gasteiger partial charge in [0.1, 0.15) is 0 Å². The zero-order valence-corrected chi connectivity index (χ0v) is 13.1. The van der Waals surface area contributed by atoms with E-state index in [-0.39, 0.29) is 6.04 Å². The minimum atomic E-state index is -2.80. The molecule has 1 heterocycles. The van der Waals surface area contributed by atoms with Crippen LogP contribution in [0.3, 0.4) is 0 Å². The average molecular weight is 296 g/mol. The Bertz CT molecular complexity index is 543. The fraction of sp³-hybridized carbons (Fsp3) is 0.600. The minimum absolute atomic E-state index is 0.164. The van der Waals surface area contributed by atoms with Crippen molar-refractivity contribution in [3.05, 3.63) is 35.4 Å². The Morgan fingerprint density at radius 1 is 1.35 bits per heavy atom. The van der Waals surface area contributed by atoms with Crippen molar-refractivity contribution < 1.29 is 8.42 Å². The lowest BCUT2D eigenvalue weighted by Crippen LogP contribution is -2.32. The van der Waals surface area contributed by atoms with Gasteiger partial charge in [-0.1, -0.05) is 31.2 Å². The Hall–Kier alpha value is -0.910. The molecule has 1 aromatic carbocycles. The van der Waals surface area contributed by atoms with Gasteiger partial charge in [-0.2, -0.15) is 0 Å². The smallest absolute Gasteiger partial charge is 0.151 e. The zero-order valence-electron chi connectivity index (χ0n) is 12.3. The van der Waals surface area contributed by atoms with E-state index in [4.69, 9.17) is 0 Å². The monoisotopic (exact) mass is 296 g/mol. The first-order valence-electron chi connectivity index (χ1n) is 7.19. The molecule has 1 saturated heterocycles. The van der Waals surface area contributed by atoms with E-state index in [1.807, 2.05) is 7.05 Å². The molecule has 112 valence electrons. The highest BCUT2D eigenvalue weighted by atomic mass is 32.2. The molecule has 0 saturated carbocycles. The lowest BCUT2D eigenvalue weighted by Gasteiger charge is -2.23. The summed E-state index contributed by atoms with van der Waals surface area (Å²) in [4.78, 5) is 2.16. The van der Waals surface area contributed by atoms with Gasteiger partial charge in [0, 0.05) is 19.1 Å². The third-order valence-corrected chi connectivity index (χ3v) is 5.58. The molecule has 0 aromatic heterocycles. The van der Waals surface area contributed by atoms with Crippen molar-refractivity contribution in [3.63, 3.8) is 0 Å². The number of nitrogens with one attached hydrogen (secondary N) is 1. The van der Waals surface area contributed by atoms with Gasteiger partial charge in [-0.3, -0.25) is 4.90 Å². The number of sulfone groups is 1. The Morgan fingerprint density at radius 2 is 2.10 bits per heavy atom. The van der Waals surface area contributed by atoms with Crippen LogP contribution in [-0.4, -0.2) is 44.5 Å². The van der Waals surface area contributed by atoms with Crippen LogP contribution in [0.4, 0.5) is 0 Å². The quantitative estimate of drug-likeness (QED) is 0.862. The van der Waals surface area contributed by atoms with Gasteiger partial charge < -0.3 is 5.32 Å². The largest absolute Gasteiger partial charge is 0.313 e. The molecule has 0 amide bonds. The Balaban J connectivity index is 1.95. The molecule has 20 heavy (non-hydrogen) atoms. The van der Waals surface area contributed by atoms with Gasteiger partial charge in [0.25, 0.3) is 0 Å². The summed E-state index contributed by atoms with van der Waals surface area (Å²) in [6.07, 6.45) is 0.760. The van der Waals surface area contributed by atoms with Crippen LogP contribution < -0.4 is 5.32 Å². The first-order valence-corrected chi connectivity index (χ1v) is 9.01. The molecule has 1 aromatic rings. The fourth-order valence-electron chi connectivity index (χ4n) is 2.65. The van der Waals surface area contributed by atoms with Crippen LogP contribution in [0.2, 0.25) is 0 Å². The summed E-state index contributed by atoms with van der Waals surface area (Å²) in [5.74, 6) is 0.642. The van der Waals surface area contributed by atoms with Crippen molar-refractivity contribution in [3.8, 4) is 0 Å². The second-order valence-electron chi connectivity index (χ2n) is 5.57. The van der Waals surface area contributed by atoms with Gasteiger partial charge in [-0.15, -0.1) is 0 Å². The van der Waals surface area contributed by atoms with Crippen LogP contribution in [0.15, 0.2) is 24.3 Å². The van der Waals surface area contributed by atoms with E-state index < -0.39 is 9.84 Å². The van der Waals surface area contributed by atoms with E-state index in [0.29, 0.717) is 11.5 Å². The van der Waals surface area contributed by atoms with Gasteiger partial charge in [-0.05, 0) is 31.1 Å². The molecule has 1 atom stereocenters. The van der Waals surface area contributed by atoms with Crippen LogP contribution in [0.25, 0.3) is 0 Å². The Morgan fingerprint density at radius 3 is 2.75 bits per heavy atom. The zero-order chi connectivity index (χ0) is 14.6. The number of nitrogens with zero attached hydrogens (tertiary/aromatic N) is 1. The topological polar surface area (TPSA) is 49.4 Å². The summed E-state index contributed by atoms with van der Waals surface area (Å²) in [7, 11) is -0.788. The molecule has 1 aliphatic heterocycles. The summed E-state index contributed by atoms with van der Waals surface area (Å²) in [6, 6.07) is 8.66. The normalized spacial score (nSPS) is 21.4. The molecule has 4 nitrogen and oxygen atoms in total. The SMILES string of the molecule is CCNCc1cccc(CN(C)C2CCS(=O)(=O)C2)c1. The van der Waals surface area contributed by atoms with Crippen LogP contribution in [-0.2, 0) is 22.9 Å². The summed E-state index contributed by atoms with van der Waals surface area (Å²) in [5, 5.41) is 3.32. The van der Waals surface area contributed by atoms with Crippen LogP contribution in [0.5, 0.6) is 0 Å². The first kappa shape index (κ1) is 15.5. The van der Waals surface area contributed by atoms with Crippen LogP contribution in [0.1, 0.15) is 24.5 Å². The molecule has 0 radical (unpaired) electrons. The van der Waals surface area contributed by atoms with E-state index in [1.165, 1.54) is 11.1 Å². The maximum atomic E-state index is 11.5. The molecular formula is C15H24N2O2S. The summed E-state index contributed by atoms with van der Waals surface area (Å²) >= 11 is 0. The molecule has 0 spiro atoms. The molecular weight excluding hydrogens is 272 g/mol. The van der Waals surface area contributed by atoms with E-state index in [1.54, 1.807) is 0 Å². The number of hydrogen-bond donors (Lipinski definition) is 1. The Labute approximate surface area is 122 Å². The summed E-state index contributed by atoms with van der Waals surface area (Å²) in [5.41, 5.74) is 2.52. The van der Waals surface area contributed by atoms with E-state index in [0.717, 1.165) is 26.1 Å². The van der Waals surface area contributed by atoms with Crippen molar-refractivity contribution >= 4 is 9.84 Å². The second kappa shape index (κ2) is 6.70. The lowest BCUT2D eigenvalue weighted by molar-refractivity contribution is 0.254. The average Bonchev–Trinajstić information content (AvgIpc) is 2.77. The molecule has 5 heteroatoms. The minimum Gasteiger partial charge on any atom is -0.313 e. The third-order valence-electron chi connectivity index (χ3n) is 3.83. The van der Waals surface area contributed by atoms with Crippen LogP contribution >= 0.6 is 0 Å². The highest BCUT2D eigenvalue weighted by Crippen LogP contribution is 2.18. The maximum Gasteiger partial charge on any atom is 0.151 e. The second-order valence-corrected chi connectivity index (χ2v) is 7.80. The third kappa shape index (κ3) is 4.30. The van der Waals surface area contributed by atoms with E-state index in [9.17, 15) is 8.42 Å². The highest BCUT2D eigenvalue weighted by molar-refractivity contribution is 7.91. The maximum absolute atomic E-state index is 11.5. The molecule has 1 N–H and O–H groups in total. The van der Waals surface area contributed by atoms with Crippen molar-refractivity contribution in [2.45, 2.75) is 32.5 Å². The molecule has 0 bridgehead atoms. The molecule has 1 unspecified atom stereocenters. The van der Waals surface area contributed by atoms with E-state index >= 15 is 0 Å². The predicted molar refractivity (Wildman–Crippen MR) is 82.3 cm³/mol. The van der Waals surface area contributed by atoms with Crippen molar-refractivity contribution in [2.75, 3.05) is 25.1 Å². The number of benzene rings is 1.